The highest BCUT2D eigenvalue weighted by Crippen LogP contribution is 2.29. The fourth-order valence-corrected chi connectivity index (χ4v) is 2.47. The summed E-state index contributed by atoms with van der Waals surface area (Å²) in [6, 6.07) is 12.3. The molecule has 1 unspecified atom stereocenters. The predicted molar refractivity (Wildman–Crippen MR) is 87.5 cm³/mol. The summed E-state index contributed by atoms with van der Waals surface area (Å²) in [6.07, 6.45) is 0.791. The molecule has 0 saturated carbocycles. The van der Waals surface area contributed by atoms with Gasteiger partial charge in [0.25, 0.3) is 0 Å². The van der Waals surface area contributed by atoms with Crippen molar-refractivity contribution in [3.8, 4) is 11.5 Å². The topological polar surface area (TPSA) is 35.2 Å². The maximum absolute atomic E-state index is 6.02. The van der Waals surface area contributed by atoms with Gasteiger partial charge in [0.1, 0.15) is 11.5 Å². The normalized spacial score (nSPS) is 12.2. The Morgan fingerprint density at radius 1 is 1.10 bits per heavy atom. The summed E-state index contributed by atoms with van der Waals surface area (Å²) in [6.45, 7) is 6.19. The van der Waals surface area contributed by atoms with Crippen molar-refractivity contribution in [1.29, 1.82) is 0 Å². The molecule has 0 radical (unpaired) electrons. The summed E-state index contributed by atoms with van der Waals surface area (Å²) in [5.41, 5.74) is 9.53. The van der Waals surface area contributed by atoms with Crippen LogP contribution in [0.25, 0.3) is 0 Å². The summed E-state index contributed by atoms with van der Waals surface area (Å²) < 4.78 is 7.07. The molecule has 0 heterocycles. The first-order chi connectivity index (χ1) is 9.45. The van der Waals surface area contributed by atoms with E-state index in [9.17, 15) is 0 Å². The molecule has 0 saturated heterocycles. The zero-order valence-corrected chi connectivity index (χ0v) is 13.7. The summed E-state index contributed by atoms with van der Waals surface area (Å²) in [4.78, 5) is 0. The third-order valence-corrected chi connectivity index (χ3v) is 3.76. The maximum atomic E-state index is 6.02. The van der Waals surface area contributed by atoms with E-state index in [1.165, 1.54) is 11.1 Å². The second-order valence-electron chi connectivity index (χ2n) is 5.28. The lowest BCUT2D eigenvalue weighted by Gasteiger charge is -2.14. The standard InChI is InChI=1S/C17H20BrNO/c1-11-4-6-16(8-12(11)2)20-17-7-5-15(18)10-14(17)9-13(3)19/h4-8,10,13H,9,19H2,1-3H3. The first-order valence-electron chi connectivity index (χ1n) is 6.75. The third kappa shape index (κ3) is 3.84. The van der Waals surface area contributed by atoms with E-state index in [-0.39, 0.29) is 6.04 Å². The number of halogens is 1. The minimum absolute atomic E-state index is 0.103. The van der Waals surface area contributed by atoms with Gasteiger partial charge in [-0.2, -0.15) is 0 Å². The molecule has 2 aromatic rings. The van der Waals surface area contributed by atoms with Gasteiger partial charge in [-0.1, -0.05) is 22.0 Å². The summed E-state index contributed by atoms with van der Waals surface area (Å²) in [5.74, 6) is 1.73. The van der Waals surface area contributed by atoms with E-state index < -0.39 is 0 Å². The zero-order chi connectivity index (χ0) is 14.7. The molecule has 2 nitrogen and oxygen atoms in total. The van der Waals surface area contributed by atoms with Crippen molar-refractivity contribution in [3.63, 3.8) is 0 Å². The van der Waals surface area contributed by atoms with Crippen LogP contribution >= 0.6 is 15.9 Å². The SMILES string of the molecule is Cc1ccc(Oc2ccc(Br)cc2CC(C)N)cc1C. The van der Waals surface area contributed by atoms with Crippen LogP contribution in [-0.2, 0) is 6.42 Å². The monoisotopic (exact) mass is 333 g/mol. The van der Waals surface area contributed by atoms with Crippen LogP contribution in [0.4, 0.5) is 0 Å². The van der Waals surface area contributed by atoms with E-state index in [1.807, 2.05) is 25.1 Å². The Kier molecular flexibility index (Phi) is 4.84. The number of nitrogens with two attached hydrogens (primary N) is 1. The van der Waals surface area contributed by atoms with Gasteiger partial charge >= 0.3 is 0 Å². The molecular weight excluding hydrogens is 314 g/mol. The number of ether oxygens (including phenoxy) is 1. The molecule has 2 N–H and O–H groups in total. The molecule has 0 spiro atoms. The molecule has 3 heteroatoms. The average Bonchev–Trinajstić information content (AvgIpc) is 2.36. The van der Waals surface area contributed by atoms with Gasteiger partial charge in [-0.05, 0) is 74.2 Å². The highest BCUT2D eigenvalue weighted by Gasteiger charge is 2.08. The van der Waals surface area contributed by atoms with Crippen LogP contribution in [0.2, 0.25) is 0 Å². The van der Waals surface area contributed by atoms with Crippen LogP contribution in [0.15, 0.2) is 40.9 Å². The van der Waals surface area contributed by atoms with Gasteiger partial charge in [-0.3, -0.25) is 0 Å². The van der Waals surface area contributed by atoms with Gasteiger partial charge in [-0.15, -0.1) is 0 Å². The lowest BCUT2D eigenvalue weighted by molar-refractivity contribution is 0.473. The fraction of sp³-hybridized carbons (Fsp3) is 0.294. The highest BCUT2D eigenvalue weighted by molar-refractivity contribution is 9.10. The lowest BCUT2D eigenvalue weighted by Crippen LogP contribution is -2.18. The first kappa shape index (κ1) is 15.1. The van der Waals surface area contributed by atoms with Crippen LogP contribution in [0.5, 0.6) is 11.5 Å². The van der Waals surface area contributed by atoms with E-state index in [2.05, 4.69) is 48.0 Å². The molecule has 106 valence electrons. The van der Waals surface area contributed by atoms with E-state index in [1.54, 1.807) is 0 Å². The van der Waals surface area contributed by atoms with Crippen LogP contribution < -0.4 is 10.5 Å². The molecule has 2 rings (SSSR count). The quantitative estimate of drug-likeness (QED) is 0.876. The van der Waals surface area contributed by atoms with E-state index in [0.29, 0.717) is 0 Å². The molecule has 0 amide bonds. The first-order valence-corrected chi connectivity index (χ1v) is 7.54. The molecule has 0 aliphatic rings. The van der Waals surface area contributed by atoms with Crippen molar-refractivity contribution >= 4 is 15.9 Å². The summed E-state index contributed by atoms with van der Waals surface area (Å²) in [7, 11) is 0. The molecule has 0 aliphatic carbocycles. The van der Waals surface area contributed by atoms with E-state index in [4.69, 9.17) is 10.5 Å². The van der Waals surface area contributed by atoms with Gasteiger partial charge in [0, 0.05) is 10.5 Å². The molecule has 0 fully saturated rings. The second kappa shape index (κ2) is 6.42. The molecule has 0 aliphatic heterocycles. The largest absolute Gasteiger partial charge is 0.457 e. The Morgan fingerprint density at radius 2 is 1.85 bits per heavy atom. The minimum Gasteiger partial charge on any atom is -0.457 e. The highest BCUT2D eigenvalue weighted by atomic mass is 79.9. The predicted octanol–water partition coefficient (Wildman–Crippen LogP) is 4.75. The summed E-state index contributed by atoms with van der Waals surface area (Å²) >= 11 is 3.50. The Bertz CT molecular complexity index is 608. The number of hydrogen-bond donors (Lipinski definition) is 1. The molecular formula is C17H20BrNO. The lowest BCUT2D eigenvalue weighted by atomic mass is 10.1. The molecule has 2 aromatic carbocycles. The number of hydrogen-bond acceptors (Lipinski definition) is 2. The number of benzene rings is 2. The van der Waals surface area contributed by atoms with Gasteiger partial charge < -0.3 is 10.5 Å². The van der Waals surface area contributed by atoms with Crippen molar-refractivity contribution in [2.24, 2.45) is 5.73 Å². The van der Waals surface area contributed by atoms with E-state index >= 15 is 0 Å². The van der Waals surface area contributed by atoms with Crippen molar-refractivity contribution in [3.05, 3.63) is 57.6 Å². The van der Waals surface area contributed by atoms with Gasteiger partial charge in [0.05, 0.1) is 0 Å². The Balaban J connectivity index is 2.30. The average molecular weight is 334 g/mol. The Labute approximate surface area is 129 Å². The number of rotatable bonds is 4. The zero-order valence-electron chi connectivity index (χ0n) is 12.1. The summed E-state index contributed by atoms with van der Waals surface area (Å²) in [5, 5.41) is 0. The van der Waals surface area contributed by atoms with Gasteiger partial charge in [0.2, 0.25) is 0 Å². The van der Waals surface area contributed by atoms with E-state index in [0.717, 1.165) is 28.0 Å². The van der Waals surface area contributed by atoms with Crippen LogP contribution in [-0.4, -0.2) is 6.04 Å². The van der Waals surface area contributed by atoms with Crippen molar-refractivity contribution < 1.29 is 4.74 Å². The molecule has 0 bridgehead atoms. The second-order valence-corrected chi connectivity index (χ2v) is 6.20. The Hall–Kier alpha value is -1.32. The maximum Gasteiger partial charge on any atom is 0.130 e. The molecule has 1 atom stereocenters. The third-order valence-electron chi connectivity index (χ3n) is 3.27. The van der Waals surface area contributed by atoms with Crippen LogP contribution in [0.3, 0.4) is 0 Å². The molecule has 0 aromatic heterocycles. The number of aryl methyl sites for hydroxylation is 2. The minimum atomic E-state index is 0.103. The Morgan fingerprint density at radius 3 is 2.50 bits per heavy atom. The van der Waals surface area contributed by atoms with Crippen LogP contribution in [0.1, 0.15) is 23.6 Å². The van der Waals surface area contributed by atoms with Crippen molar-refractivity contribution in [1.82, 2.24) is 0 Å². The fourth-order valence-electron chi connectivity index (χ4n) is 2.06. The molecule has 20 heavy (non-hydrogen) atoms. The van der Waals surface area contributed by atoms with Crippen molar-refractivity contribution in [2.75, 3.05) is 0 Å². The van der Waals surface area contributed by atoms with Gasteiger partial charge in [-0.25, -0.2) is 0 Å². The van der Waals surface area contributed by atoms with Crippen molar-refractivity contribution in [2.45, 2.75) is 33.2 Å². The smallest absolute Gasteiger partial charge is 0.130 e. The van der Waals surface area contributed by atoms with Gasteiger partial charge in [0.15, 0.2) is 0 Å². The van der Waals surface area contributed by atoms with Crippen LogP contribution in [0, 0.1) is 13.8 Å².